The number of nitrogens with one attached hydrogen (secondary N) is 1. The third-order valence-electron chi connectivity index (χ3n) is 4.20. The van der Waals surface area contributed by atoms with Gasteiger partial charge in [-0.15, -0.1) is 24.0 Å². The van der Waals surface area contributed by atoms with E-state index in [-0.39, 0.29) is 29.5 Å². The van der Waals surface area contributed by atoms with Gasteiger partial charge in [-0.25, -0.2) is 0 Å². The van der Waals surface area contributed by atoms with Crippen molar-refractivity contribution in [3.8, 4) is 0 Å². The molecular weight excluding hydrogens is 375 g/mol. The lowest BCUT2D eigenvalue weighted by molar-refractivity contribution is 0.0513. The smallest absolute Gasteiger partial charge is 0.188 e. The third-order valence-corrected chi connectivity index (χ3v) is 4.20. The van der Waals surface area contributed by atoms with E-state index in [1.807, 2.05) is 0 Å². The van der Waals surface area contributed by atoms with Crippen LogP contribution < -0.4 is 11.1 Å². The largest absolute Gasteiger partial charge is 0.370 e. The quantitative estimate of drug-likeness (QED) is 0.306. The van der Waals surface area contributed by atoms with Crippen LogP contribution in [0.2, 0.25) is 0 Å². The van der Waals surface area contributed by atoms with E-state index < -0.39 is 0 Å². The molecule has 0 saturated carbocycles. The summed E-state index contributed by atoms with van der Waals surface area (Å²) in [6.45, 7) is 15.5. The molecule has 126 valence electrons. The molecule has 1 rings (SSSR count). The van der Waals surface area contributed by atoms with Crippen LogP contribution >= 0.6 is 24.0 Å². The summed E-state index contributed by atoms with van der Waals surface area (Å²) in [7, 11) is 0. The Morgan fingerprint density at radius 3 is 2.38 bits per heavy atom. The molecule has 3 N–H and O–H groups in total. The molecule has 0 bridgehead atoms. The first-order valence-corrected chi connectivity index (χ1v) is 8.14. The van der Waals surface area contributed by atoms with Gasteiger partial charge >= 0.3 is 0 Å². The van der Waals surface area contributed by atoms with Crippen LogP contribution in [0.5, 0.6) is 0 Å². The van der Waals surface area contributed by atoms with Crippen LogP contribution in [0.3, 0.4) is 0 Å². The zero-order valence-electron chi connectivity index (χ0n) is 14.5. The number of hydrogen-bond acceptors (Lipinski definition) is 2. The lowest BCUT2D eigenvalue weighted by Gasteiger charge is -2.44. The molecular formula is C16H35IN4. The SMILES string of the molecule is CCCCNC(N)=NCC(C)(C)N1CC(C)CC(C)C1.I. The molecule has 0 aromatic carbocycles. The van der Waals surface area contributed by atoms with Crippen molar-refractivity contribution in [1.82, 2.24) is 10.2 Å². The molecule has 1 aliphatic heterocycles. The van der Waals surface area contributed by atoms with Crippen molar-refractivity contribution in [3.05, 3.63) is 0 Å². The average Bonchev–Trinajstić information content (AvgIpc) is 2.36. The first-order valence-electron chi connectivity index (χ1n) is 8.14. The van der Waals surface area contributed by atoms with Crippen LogP contribution in [-0.2, 0) is 0 Å². The molecule has 5 heteroatoms. The van der Waals surface area contributed by atoms with Gasteiger partial charge in [0, 0.05) is 25.2 Å². The van der Waals surface area contributed by atoms with E-state index >= 15 is 0 Å². The molecule has 4 nitrogen and oxygen atoms in total. The monoisotopic (exact) mass is 410 g/mol. The summed E-state index contributed by atoms with van der Waals surface area (Å²) in [6, 6.07) is 0. The predicted octanol–water partition coefficient (Wildman–Crippen LogP) is 3.07. The van der Waals surface area contributed by atoms with Gasteiger partial charge in [-0.2, -0.15) is 0 Å². The van der Waals surface area contributed by atoms with Gasteiger partial charge in [-0.1, -0.05) is 27.2 Å². The fourth-order valence-corrected chi connectivity index (χ4v) is 2.98. The van der Waals surface area contributed by atoms with E-state index in [4.69, 9.17) is 5.73 Å². The number of rotatable bonds is 6. The summed E-state index contributed by atoms with van der Waals surface area (Å²) in [6.07, 6.45) is 3.66. The Morgan fingerprint density at radius 2 is 1.86 bits per heavy atom. The highest BCUT2D eigenvalue weighted by molar-refractivity contribution is 14.0. The molecule has 0 aromatic heterocycles. The molecule has 2 unspecified atom stereocenters. The molecule has 0 radical (unpaired) electrons. The fraction of sp³-hybridized carbons (Fsp3) is 0.938. The van der Waals surface area contributed by atoms with Gasteiger partial charge in [0.15, 0.2) is 5.96 Å². The van der Waals surface area contributed by atoms with E-state index in [0.29, 0.717) is 5.96 Å². The molecule has 0 amide bonds. The highest BCUT2D eigenvalue weighted by atomic mass is 127. The topological polar surface area (TPSA) is 53.6 Å². The predicted molar refractivity (Wildman–Crippen MR) is 103 cm³/mol. The summed E-state index contributed by atoms with van der Waals surface area (Å²) in [5.74, 6) is 2.15. The van der Waals surface area contributed by atoms with Gasteiger partial charge in [-0.3, -0.25) is 9.89 Å². The van der Waals surface area contributed by atoms with E-state index in [1.165, 1.54) is 25.9 Å². The number of nitrogens with zero attached hydrogens (tertiary/aromatic N) is 2. The maximum absolute atomic E-state index is 5.93. The van der Waals surface area contributed by atoms with Crippen LogP contribution in [0.15, 0.2) is 4.99 Å². The zero-order valence-corrected chi connectivity index (χ0v) is 16.8. The first-order chi connectivity index (χ1) is 9.35. The van der Waals surface area contributed by atoms with Gasteiger partial charge in [-0.05, 0) is 38.5 Å². The number of hydrogen-bond donors (Lipinski definition) is 2. The number of guanidine groups is 1. The standard InChI is InChI=1S/C16H34N4.HI/c1-6-7-8-18-15(17)19-12-16(4,5)20-10-13(2)9-14(3)11-20;/h13-14H,6-12H2,1-5H3,(H3,17,18,19);1H. The number of halogens is 1. The summed E-state index contributed by atoms with van der Waals surface area (Å²) in [4.78, 5) is 7.11. The number of likely N-dealkylation sites (tertiary alicyclic amines) is 1. The van der Waals surface area contributed by atoms with Crippen molar-refractivity contribution in [3.63, 3.8) is 0 Å². The lowest BCUT2D eigenvalue weighted by atomic mass is 9.88. The minimum absolute atomic E-state index is 0. The van der Waals surface area contributed by atoms with Gasteiger partial charge in [0.2, 0.25) is 0 Å². The fourth-order valence-electron chi connectivity index (χ4n) is 2.98. The van der Waals surface area contributed by atoms with Crippen molar-refractivity contribution >= 4 is 29.9 Å². The zero-order chi connectivity index (χ0) is 15.2. The van der Waals surface area contributed by atoms with E-state index in [2.05, 4.69) is 49.8 Å². The molecule has 0 aliphatic carbocycles. The van der Waals surface area contributed by atoms with E-state index in [1.54, 1.807) is 0 Å². The Hall–Kier alpha value is -0.0400. The second-order valence-corrected chi connectivity index (χ2v) is 7.15. The molecule has 1 aliphatic rings. The lowest BCUT2D eigenvalue weighted by Crippen LogP contribution is -2.53. The molecule has 21 heavy (non-hydrogen) atoms. The maximum atomic E-state index is 5.93. The summed E-state index contributed by atoms with van der Waals surface area (Å²) in [5.41, 5.74) is 6.01. The molecule has 0 aromatic rings. The number of nitrogens with two attached hydrogens (primary N) is 1. The van der Waals surface area contributed by atoms with Crippen LogP contribution in [0.25, 0.3) is 0 Å². The van der Waals surface area contributed by atoms with Crippen LogP contribution in [0.4, 0.5) is 0 Å². The molecule has 1 fully saturated rings. The average molecular weight is 410 g/mol. The Labute approximate surface area is 148 Å². The van der Waals surface area contributed by atoms with E-state index in [0.717, 1.165) is 31.3 Å². The Balaban J connectivity index is 0.00000400. The maximum Gasteiger partial charge on any atom is 0.188 e. The summed E-state index contributed by atoms with van der Waals surface area (Å²) in [5, 5.41) is 3.19. The Bertz CT molecular complexity index is 307. The van der Waals surface area contributed by atoms with Crippen molar-refractivity contribution in [1.29, 1.82) is 0 Å². The van der Waals surface area contributed by atoms with Crippen LogP contribution in [0.1, 0.15) is 53.9 Å². The molecule has 1 saturated heterocycles. The van der Waals surface area contributed by atoms with Crippen LogP contribution in [0, 0.1) is 11.8 Å². The second kappa shape index (κ2) is 9.87. The highest BCUT2D eigenvalue weighted by Gasteiger charge is 2.32. The van der Waals surface area contributed by atoms with Crippen molar-refractivity contribution in [2.75, 3.05) is 26.2 Å². The van der Waals surface area contributed by atoms with Gasteiger partial charge in [0.25, 0.3) is 0 Å². The highest BCUT2D eigenvalue weighted by Crippen LogP contribution is 2.27. The number of piperidine rings is 1. The Morgan fingerprint density at radius 1 is 1.29 bits per heavy atom. The van der Waals surface area contributed by atoms with Crippen molar-refractivity contribution < 1.29 is 0 Å². The minimum atomic E-state index is 0. The van der Waals surface area contributed by atoms with Crippen molar-refractivity contribution in [2.24, 2.45) is 22.6 Å². The van der Waals surface area contributed by atoms with Crippen molar-refractivity contribution in [2.45, 2.75) is 59.4 Å². The Kier molecular flexibility index (Phi) is 9.85. The van der Waals surface area contributed by atoms with Gasteiger partial charge in [0.1, 0.15) is 0 Å². The van der Waals surface area contributed by atoms with Crippen LogP contribution in [-0.4, -0.2) is 42.6 Å². The second-order valence-electron chi connectivity index (χ2n) is 7.15. The summed E-state index contributed by atoms with van der Waals surface area (Å²) >= 11 is 0. The van der Waals surface area contributed by atoms with E-state index in [9.17, 15) is 0 Å². The minimum Gasteiger partial charge on any atom is -0.370 e. The molecule has 0 spiro atoms. The third kappa shape index (κ3) is 7.68. The molecule has 1 heterocycles. The normalized spacial score (nSPS) is 24.5. The number of unbranched alkanes of at least 4 members (excludes halogenated alkanes) is 1. The summed E-state index contributed by atoms with van der Waals surface area (Å²) < 4.78 is 0. The van der Waals surface area contributed by atoms with Gasteiger partial charge < -0.3 is 11.1 Å². The number of aliphatic imine (C=N–C) groups is 1. The van der Waals surface area contributed by atoms with Gasteiger partial charge in [0.05, 0.1) is 6.54 Å². The first kappa shape index (κ1) is 21.0. The molecule has 2 atom stereocenters.